The van der Waals surface area contributed by atoms with Crippen LogP contribution in [-0.2, 0) is 16.2 Å². The minimum atomic E-state index is -0.496. The molecule has 0 saturated carbocycles. The second-order valence-electron chi connectivity index (χ2n) is 9.26. The molecule has 3 rings (SSSR count). The van der Waals surface area contributed by atoms with Crippen molar-refractivity contribution in [3.63, 3.8) is 0 Å². The molecule has 2 amide bonds. The lowest BCUT2D eigenvalue weighted by Gasteiger charge is -2.33. The van der Waals surface area contributed by atoms with Crippen molar-refractivity contribution in [1.29, 1.82) is 0 Å². The number of aromatic nitrogens is 1. The van der Waals surface area contributed by atoms with Gasteiger partial charge in [-0.25, -0.2) is 15.3 Å². The summed E-state index contributed by atoms with van der Waals surface area (Å²) < 4.78 is 10.6. The zero-order valence-corrected chi connectivity index (χ0v) is 20.3. The average Bonchev–Trinajstić information content (AvgIpc) is 2.82. The number of rotatable bonds is 8. The van der Waals surface area contributed by atoms with Gasteiger partial charge in [0.25, 0.3) is 5.91 Å². The second kappa shape index (κ2) is 11.7. The van der Waals surface area contributed by atoms with Crippen molar-refractivity contribution < 1.29 is 23.9 Å². The van der Waals surface area contributed by atoms with Crippen LogP contribution in [0.15, 0.2) is 42.6 Å². The molecule has 2 aromatic rings. The first kappa shape index (κ1) is 25.3. The van der Waals surface area contributed by atoms with E-state index in [1.165, 1.54) is 0 Å². The Morgan fingerprint density at radius 2 is 1.82 bits per heavy atom. The Morgan fingerprint density at radius 1 is 1.12 bits per heavy atom. The predicted octanol–water partition coefficient (Wildman–Crippen LogP) is 4.01. The van der Waals surface area contributed by atoms with Gasteiger partial charge in [0.2, 0.25) is 0 Å². The molecule has 9 nitrogen and oxygen atoms in total. The number of amides is 2. The van der Waals surface area contributed by atoms with Crippen molar-refractivity contribution in [1.82, 2.24) is 15.4 Å². The van der Waals surface area contributed by atoms with Gasteiger partial charge in [-0.3, -0.25) is 9.63 Å². The van der Waals surface area contributed by atoms with Crippen molar-refractivity contribution in [3.8, 4) is 5.75 Å². The number of benzene rings is 1. The summed E-state index contributed by atoms with van der Waals surface area (Å²) in [5.41, 5.74) is 3.30. The topological polar surface area (TPSA) is 102 Å². The maximum Gasteiger partial charge on any atom is 0.410 e. The van der Waals surface area contributed by atoms with Crippen LogP contribution in [0.5, 0.6) is 5.75 Å². The van der Waals surface area contributed by atoms with Gasteiger partial charge in [0.1, 0.15) is 17.2 Å². The summed E-state index contributed by atoms with van der Waals surface area (Å²) in [6.45, 7) is 7.79. The molecule has 1 fully saturated rings. The lowest BCUT2D eigenvalue weighted by molar-refractivity contribution is 0.0187. The van der Waals surface area contributed by atoms with Crippen LogP contribution in [0.1, 0.15) is 49.5 Å². The summed E-state index contributed by atoms with van der Waals surface area (Å²) in [4.78, 5) is 36.3. The number of hydrogen-bond donors (Lipinski definition) is 2. The molecule has 0 spiro atoms. The molecule has 1 aromatic carbocycles. The fourth-order valence-corrected chi connectivity index (χ4v) is 3.58. The molecule has 0 bridgehead atoms. The molecule has 2 N–H and O–H groups in total. The van der Waals surface area contributed by atoms with E-state index in [4.69, 9.17) is 14.3 Å². The van der Waals surface area contributed by atoms with Crippen LogP contribution in [0, 0.1) is 5.92 Å². The lowest BCUT2D eigenvalue weighted by Crippen LogP contribution is -2.42. The van der Waals surface area contributed by atoms with Crippen molar-refractivity contribution in [3.05, 3.63) is 53.7 Å². The minimum absolute atomic E-state index is 0.231. The number of pyridine rings is 1. The molecule has 184 valence electrons. The minimum Gasteiger partial charge on any atom is -0.497 e. The lowest BCUT2D eigenvalue weighted by atomic mass is 9.97. The van der Waals surface area contributed by atoms with E-state index in [9.17, 15) is 9.59 Å². The van der Waals surface area contributed by atoms with Crippen LogP contribution < -0.4 is 15.5 Å². The van der Waals surface area contributed by atoms with Crippen LogP contribution in [-0.4, -0.2) is 54.2 Å². The van der Waals surface area contributed by atoms with E-state index in [-0.39, 0.29) is 18.6 Å². The monoisotopic (exact) mass is 470 g/mol. The molecule has 34 heavy (non-hydrogen) atoms. The van der Waals surface area contributed by atoms with Crippen LogP contribution >= 0.6 is 0 Å². The number of hydroxylamine groups is 1. The summed E-state index contributed by atoms with van der Waals surface area (Å²) in [6, 6.07) is 10.8. The van der Waals surface area contributed by atoms with Crippen molar-refractivity contribution >= 4 is 17.8 Å². The highest BCUT2D eigenvalue weighted by atomic mass is 16.6. The van der Waals surface area contributed by atoms with Crippen molar-refractivity contribution in [2.75, 3.05) is 32.1 Å². The fourth-order valence-electron chi connectivity index (χ4n) is 3.58. The summed E-state index contributed by atoms with van der Waals surface area (Å²) in [7, 11) is 1.61. The summed E-state index contributed by atoms with van der Waals surface area (Å²) >= 11 is 0. The first-order valence-corrected chi connectivity index (χ1v) is 11.5. The quantitative estimate of drug-likeness (QED) is 0.562. The Morgan fingerprint density at radius 3 is 2.47 bits per heavy atom. The molecule has 0 unspecified atom stereocenters. The van der Waals surface area contributed by atoms with Gasteiger partial charge in [0.15, 0.2) is 0 Å². The third-order valence-electron chi connectivity index (χ3n) is 5.44. The van der Waals surface area contributed by atoms with E-state index in [0.29, 0.717) is 36.9 Å². The van der Waals surface area contributed by atoms with E-state index in [1.54, 1.807) is 30.3 Å². The Balaban J connectivity index is 1.45. The number of nitrogens with zero attached hydrogens (tertiary/aromatic N) is 2. The Bertz CT molecular complexity index is 951. The Hall–Kier alpha value is -3.33. The van der Waals surface area contributed by atoms with Crippen molar-refractivity contribution in [2.45, 2.75) is 45.8 Å². The highest BCUT2D eigenvalue weighted by Crippen LogP contribution is 2.21. The van der Waals surface area contributed by atoms with Gasteiger partial charge in [0.05, 0.1) is 19.3 Å². The Kier molecular flexibility index (Phi) is 8.70. The van der Waals surface area contributed by atoms with Crippen molar-refractivity contribution in [2.24, 2.45) is 5.92 Å². The summed E-state index contributed by atoms with van der Waals surface area (Å²) in [5, 5.41) is 3.29. The third-order valence-corrected chi connectivity index (χ3v) is 5.44. The smallest absolute Gasteiger partial charge is 0.410 e. The molecule has 0 atom stereocenters. The fraction of sp³-hybridized carbons (Fsp3) is 0.480. The number of methoxy groups -OCH3 is 1. The summed E-state index contributed by atoms with van der Waals surface area (Å²) in [6.07, 6.45) is 3.08. The normalized spacial score (nSPS) is 14.4. The van der Waals surface area contributed by atoms with Gasteiger partial charge < -0.3 is 19.7 Å². The zero-order valence-electron chi connectivity index (χ0n) is 20.3. The average molecular weight is 471 g/mol. The Labute approximate surface area is 200 Å². The second-order valence-corrected chi connectivity index (χ2v) is 9.26. The van der Waals surface area contributed by atoms with E-state index < -0.39 is 5.60 Å². The third kappa shape index (κ3) is 7.62. The van der Waals surface area contributed by atoms with Gasteiger partial charge in [-0.05, 0) is 69.4 Å². The van der Waals surface area contributed by atoms with E-state index in [2.05, 4.69) is 15.8 Å². The SMILES string of the molecule is COc1ccc(CONC(=O)c2cccnc2NCC2CCN(C(=O)OC(C)(C)C)CC2)cc1. The first-order valence-electron chi connectivity index (χ1n) is 11.5. The van der Waals surface area contributed by atoms with E-state index in [1.807, 2.05) is 45.0 Å². The molecular formula is C25H34N4O5. The molecule has 2 heterocycles. The molecule has 0 aliphatic carbocycles. The van der Waals surface area contributed by atoms with Gasteiger partial charge in [0, 0.05) is 25.8 Å². The van der Waals surface area contributed by atoms with Crippen LogP contribution in [0.2, 0.25) is 0 Å². The molecule has 1 aliphatic heterocycles. The maximum absolute atomic E-state index is 12.6. The van der Waals surface area contributed by atoms with Gasteiger partial charge >= 0.3 is 6.09 Å². The zero-order chi connectivity index (χ0) is 24.6. The number of piperidine rings is 1. The van der Waals surface area contributed by atoms with E-state index in [0.717, 1.165) is 24.2 Å². The number of carbonyl (C=O) groups is 2. The molecule has 1 aliphatic rings. The number of carbonyl (C=O) groups excluding carboxylic acids is 2. The number of anilines is 1. The predicted molar refractivity (Wildman–Crippen MR) is 129 cm³/mol. The van der Waals surface area contributed by atoms with Gasteiger partial charge in [-0.15, -0.1) is 0 Å². The number of nitrogens with one attached hydrogen (secondary N) is 2. The number of likely N-dealkylation sites (tertiary alicyclic amines) is 1. The molecule has 9 heteroatoms. The van der Waals surface area contributed by atoms with E-state index >= 15 is 0 Å². The summed E-state index contributed by atoms with van der Waals surface area (Å²) in [5.74, 6) is 1.25. The number of hydrogen-bond acceptors (Lipinski definition) is 7. The maximum atomic E-state index is 12.6. The molecule has 1 aromatic heterocycles. The highest BCUT2D eigenvalue weighted by molar-refractivity contribution is 5.98. The first-order chi connectivity index (χ1) is 16.2. The van der Waals surface area contributed by atoms with Gasteiger partial charge in [-0.1, -0.05) is 12.1 Å². The standard InChI is InChI=1S/C25H34N4O5/c1-25(2,3)34-24(31)29-14-11-18(12-15-29)16-27-22-21(6-5-13-26-22)23(30)28-33-17-19-7-9-20(32-4)10-8-19/h5-10,13,18H,11-12,14-17H2,1-4H3,(H,26,27)(H,28,30). The molecular weight excluding hydrogens is 436 g/mol. The molecule has 0 radical (unpaired) electrons. The van der Waals surface area contributed by atoms with Crippen LogP contribution in [0.25, 0.3) is 0 Å². The van der Waals surface area contributed by atoms with Crippen LogP contribution in [0.3, 0.4) is 0 Å². The van der Waals surface area contributed by atoms with Crippen LogP contribution in [0.4, 0.5) is 10.6 Å². The largest absolute Gasteiger partial charge is 0.497 e. The molecule has 1 saturated heterocycles. The van der Waals surface area contributed by atoms with Gasteiger partial charge in [-0.2, -0.15) is 0 Å². The number of ether oxygens (including phenoxy) is 2. The highest BCUT2D eigenvalue weighted by Gasteiger charge is 2.27.